The molecule has 0 spiro atoms. The first kappa shape index (κ1) is 20.8. The minimum Gasteiger partial charge on any atom is -0.851 e. The molecule has 0 fully saturated rings. The molecule has 0 saturated carbocycles. The summed E-state index contributed by atoms with van der Waals surface area (Å²) < 4.78 is 18.1. The van der Waals surface area contributed by atoms with E-state index in [1.165, 1.54) is 28.4 Å². The van der Waals surface area contributed by atoms with Crippen LogP contribution in [-0.4, -0.2) is 54.2 Å². The molecule has 88 valence electrons. The fourth-order valence-electron chi connectivity index (χ4n) is 0.465. The summed E-state index contributed by atoms with van der Waals surface area (Å²) in [5.74, 6) is 0. The Labute approximate surface area is 103 Å². The molecule has 0 unspecified atom stereocenters. The molecule has 0 N–H and O–H groups in total. The second-order valence-electron chi connectivity index (χ2n) is 2.14. The summed E-state index contributed by atoms with van der Waals surface area (Å²) in [6.07, 6.45) is -1.14. The fraction of sp³-hybridized carbons (Fsp3) is 1.00. The number of methoxy groups -OCH3 is 4. The van der Waals surface area contributed by atoms with Crippen molar-refractivity contribution in [3.63, 3.8) is 0 Å². The summed E-state index contributed by atoms with van der Waals surface area (Å²) in [5.41, 5.74) is 0. The quantitative estimate of drug-likeness (QED) is 0.409. The van der Waals surface area contributed by atoms with Crippen molar-refractivity contribution in [3.8, 4) is 0 Å². The molecule has 0 bridgehead atoms. The Morgan fingerprint density at radius 3 is 0.933 bits per heavy atom. The zero-order valence-electron chi connectivity index (χ0n) is 9.73. The van der Waals surface area contributed by atoms with E-state index in [1.807, 2.05) is 0 Å². The third-order valence-electron chi connectivity index (χ3n) is 1.32. The first-order valence-electron chi connectivity index (χ1n) is 3.97. The van der Waals surface area contributed by atoms with E-state index >= 15 is 0 Å². The van der Waals surface area contributed by atoms with Crippen LogP contribution in [0.5, 0.6) is 0 Å². The molecule has 0 atom stereocenters. The van der Waals surface area contributed by atoms with E-state index in [0.29, 0.717) is 0 Å². The van der Waals surface area contributed by atoms with Crippen LogP contribution in [0.1, 0.15) is 0 Å². The number of rotatable bonds is 6. The average molecular weight is 276 g/mol. The van der Waals surface area contributed by atoms with E-state index in [-0.39, 0.29) is 32.7 Å². The van der Waals surface area contributed by atoms with Gasteiger partial charge >= 0.3 is 19.5 Å². The molecule has 0 aromatic carbocycles. The maximum atomic E-state index is 9.84. The third kappa shape index (κ3) is 14.4. The first-order chi connectivity index (χ1) is 6.69. The Kier molecular flexibility index (Phi) is 23.2. The van der Waals surface area contributed by atoms with Crippen molar-refractivity contribution in [3.05, 3.63) is 0 Å². The third-order valence-corrected chi connectivity index (χ3v) is 1.32. The van der Waals surface area contributed by atoms with Gasteiger partial charge in [-0.1, -0.05) is 13.2 Å². The fourth-order valence-corrected chi connectivity index (χ4v) is 0.465. The zero-order valence-corrected chi connectivity index (χ0v) is 12.7. The van der Waals surface area contributed by atoms with Crippen LogP contribution in [0.4, 0.5) is 0 Å². The monoisotopic (exact) mass is 274 g/mol. The Balaban J connectivity index is -0.000000180. The zero-order chi connectivity index (χ0) is 11.4. The number of hydrogen-bond acceptors (Lipinski definition) is 6. The molecule has 6 nitrogen and oxygen atoms in total. The normalized spacial score (nSPS) is 9.60. The van der Waals surface area contributed by atoms with E-state index in [9.17, 15) is 10.2 Å². The summed E-state index contributed by atoms with van der Waals surface area (Å²) in [5, 5.41) is 19.7. The van der Waals surface area contributed by atoms with Gasteiger partial charge in [-0.25, -0.2) is 0 Å². The molecule has 0 aromatic heterocycles. The maximum absolute atomic E-state index is 9.84. The minimum absolute atomic E-state index is 0. The first-order valence-corrected chi connectivity index (χ1v) is 3.97. The molecular formula is C8H18O6Zn. The van der Waals surface area contributed by atoms with Gasteiger partial charge in [-0.3, -0.25) is 0 Å². The Morgan fingerprint density at radius 2 is 0.933 bits per heavy atom. The topological polar surface area (TPSA) is 83.0 Å². The number of hydrogen-bond donors (Lipinski definition) is 0. The molecule has 0 radical (unpaired) electrons. The average Bonchev–Trinajstić information content (AvgIpc) is 2.24. The van der Waals surface area contributed by atoms with Gasteiger partial charge in [-0.2, -0.15) is 0 Å². The molecular weight excluding hydrogens is 257 g/mol. The second-order valence-corrected chi connectivity index (χ2v) is 2.14. The molecule has 0 aliphatic carbocycles. The molecule has 0 saturated heterocycles. The van der Waals surface area contributed by atoms with Crippen LogP contribution in [0.25, 0.3) is 0 Å². The van der Waals surface area contributed by atoms with Crippen molar-refractivity contribution in [2.75, 3.05) is 41.7 Å². The van der Waals surface area contributed by atoms with Gasteiger partial charge < -0.3 is 29.2 Å². The van der Waals surface area contributed by atoms with E-state index in [0.717, 1.165) is 0 Å². The molecule has 0 rings (SSSR count). The summed E-state index contributed by atoms with van der Waals surface area (Å²) >= 11 is 0. The van der Waals surface area contributed by atoms with E-state index < -0.39 is 12.6 Å². The molecule has 7 heteroatoms. The van der Waals surface area contributed by atoms with Gasteiger partial charge in [-0.15, -0.1) is 0 Å². The Morgan fingerprint density at radius 1 is 0.733 bits per heavy atom. The van der Waals surface area contributed by atoms with Crippen molar-refractivity contribution in [2.24, 2.45) is 0 Å². The summed E-state index contributed by atoms with van der Waals surface area (Å²) in [7, 11) is 5.75. The predicted molar refractivity (Wildman–Crippen MR) is 45.3 cm³/mol. The minimum atomic E-state index is -0.569. The molecule has 0 heterocycles. The van der Waals surface area contributed by atoms with Crippen LogP contribution in [0.2, 0.25) is 0 Å². The van der Waals surface area contributed by atoms with Gasteiger partial charge in [-0.05, 0) is 0 Å². The SMILES string of the molecule is COC(C[O-])OC.COC(C[O-])OC.[Zn+2]. The van der Waals surface area contributed by atoms with Gasteiger partial charge in [0.25, 0.3) is 0 Å². The van der Waals surface area contributed by atoms with E-state index in [4.69, 9.17) is 0 Å². The molecule has 0 aromatic rings. The van der Waals surface area contributed by atoms with Crippen LogP contribution in [0, 0.1) is 0 Å². The van der Waals surface area contributed by atoms with Gasteiger partial charge in [0.15, 0.2) is 0 Å². The largest absolute Gasteiger partial charge is 2.00 e. The van der Waals surface area contributed by atoms with Crippen molar-refractivity contribution < 1.29 is 48.6 Å². The van der Waals surface area contributed by atoms with Crippen molar-refractivity contribution in [1.82, 2.24) is 0 Å². The standard InChI is InChI=1S/2C4H9O3.Zn/c2*1-6-4(3-5)7-2;/h2*4H,3H2,1-2H3;/q2*-1;+2. The number of ether oxygens (including phenoxy) is 4. The van der Waals surface area contributed by atoms with Crippen LogP contribution < -0.4 is 10.2 Å². The van der Waals surface area contributed by atoms with Gasteiger partial charge in [0, 0.05) is 28.4 Å². The van der Waals surface area contributed by atoms with Gasteiger partial charge in [0.2, 0.25) is 0 Å². The second kappa shape index (κ2) is 16.8. The van der Waals surface area contributed by atoms with E-state index in [1.54, 1.807) is 0 Å². The summed E-state index contributed by atoms with van der Waals surface area (Å²) in [6, 6.07) is 0. The van der Waals surface area contributed by atoms with E-state index in [2.05, 4.69) is 18.9 Å². The van der Waals surface area contributed by atoms with Gasteiger partial charge in [0.1, 0.15) is 12.6 Å². The Bertz CT molecular complexity index is 74.1. The molecule has 0 amide bonds. The molecule has 0 aliphatic heterocycles. The maximum Gasteiger partial charge on any atom is 2.00 e. The van der Waals surface area contributed by atoms with Crippen LogP contribution in [0.15, 0.2) is 0 Å². The van der Waals surface area contributed by atoms with Crippen LogP contribution >= 0.6 is 0 Å². The molecule has 15 heavy (non-hydrogen) atoms. The predicted octanol–water partition coefficient (Wildman–Crippen LogP) is -2.07. The van der Waals surface area contributed by atoms with Gasteiger partial charge in [0.05, 0.1) is 0 Å². The Hall–Kier alpha value is 0.383. The van der Waals surface area contributed by atoms with Crippen molar-refractivity contribution in [1.29, 1.82) is 0 Å². The van der Waals surface area contributed by atoms with Crippen LogP contribution in [-0.2, 0) is 38.4 Å². The smallest absolute Gasteiger partial charge is 0.851 e. The molecule has 0 aliphatic rings. The summed E-state index contributed by atoms with van der Waals surface area (Å²) in [6.45, 7) is -0.681. The van der Waals surface area contributed by atoms with Crippen molar-refractivity contribution >= 4 is 0 Å². The summed E-state index contributed by atoms with van der Waals surface area (Å²) in [4.78, 5) is 0. The van der Waals surface area contributed by atoms with Crippen LogP contribution in [0.3, 0.4) is 0 Å². The van der Waals surface area contributed by atoms with Crippen molar-refractivity contribution in [2.45, 2.75) is 12.6 Å².